The van der Waals surface area contributed by atoms with Crippen LogP contribution in [0.15, 0.2) is 30.5 Å². The van der Waals surface area contributed by atoms with Crippen molar-refractivity contribution in [2.45, 2.75) is 33.2 Å². The van der Waals surface area contributed by atoms with Crippen molar-refractivity contribution in [1.82, 2.24) is 9.78 Å². The number of carbonyl (C=O) groups is 1. The zero-order chi connectivity index (χ0) is 16.3. The smallest absolute Gasteiger partial charge is 0.272 e. The van der Waals surface area contributed by atoms with Crippen LogP contribution in [0.2, 0.25) is 0 Å². The fourth-order valence-corrected chi connectivity index (χ4v) is 2.13. The van der Waals surface area contributed by atoms with Crippen LogP contribution < -0.4 is 5.32 Å². The molecule has 1 aromatic carbocycles. The van der Waals surface area contributed by atoms with Gasteiger partial charge in [0.05, 0.1) is 17.2 Å². The van der Waals surface area contributed by atoms with Gasteiger partial charge in [-0.1, -0.05) is 6.92 Å². The van der Waals surface area contributed by atoms with E-state index in [9.17, 15) is 14.9 Å². The van der Waals surface area contributed by atoms with Crippen molar-refractivity contribution in [3.05, 3.63) is 51.7 Å². The summed E-state index contributed by atoms with van der Waals surface area (Å²) in [6, 6.07) is 6.20. The molecule has 0 bridgehead atoms. The average molecular weight is 302 g/mol. The Balaban J connectivity index is 2.21. The minimum Gasteiger partial charge on any atom is -0.307 e. The first-order valence-corrected chi connectivity index (χ1v) is 7.04. The van der Waals surface area contributed by atoms with Crippen molar-refractivity contribution in [3.8, 4) is 0 Å². The average Bonchev–Trinajstić information content (AvgIpc) is 2.94. The topological polar surface area (TPSA) is 90.1 Å². The summed E-state index contributed by atoms with van der Waals surface area (Å²) in [5.41, 5.74) is 0.828. The van der Waals surface area contributed by atoms with E-state index in [0.29, 0.717) is 16.9 Å². The molecule has 1 atom stereocenters. The molecule has 0 saturated heterocycles. The van der Waals surface area contributed by atoms with Gasteiger partial charge in [-0.25, -0.2) is 4.68 Å². The Morgan fingerprint density at radius 1 is 1.45 bits per heavy atom. The first-order chi connectivity index (χ1) is 10.4. The molecule has 1 unspecified atom stereocenters. The number of hydrogen-bond donors (Lipinski definition) is 1. The van der Waals surface area contributed by atoms with Gasteiger partial charge in [0.15, 0.2) is 0 Å². The highest BCUT2D eigenvalue weighted by molar-refractivity contribution is 6.04. The molecule has 0 saturated carbocycles. The Labute approximate surface area is 128 Å². The molecule has 0 fully saturated rings. The molecule has 22 heavy (non-hydrogen) atoms. The molecule has 116 valence electrons. The Bertz CT molecular complexity index is 709. The molecule has 0 aliphatic heterocycles. The summed E-state index contributed by atoms with van der Waals surface area (Å²) in [5, 5.41) is 17.8. The molecule has 1 N–H and O–H groups in total. The molecule has 0 spiro atoms. The highest BCUT2D eigenvalue weighted by Gasteiger charge is 2.16. The minimum atomic E-state index is -0.463. The van der Waals surface area contributed by atoms with Crippen molar-refractivity contribution in [1.29, 1.82) is 0 Å². The minimum absolute atomic E-state index is 0.00111. The van der Waals surface area contributed by atoms with Gasteiger partial charge in [0.1, 0.15) is 5.82 Å². The molecule has 2 rings (SSSR count). The summed E-state index contributed by atoms with van der Waals surface area (Å²) in [4.78, 5) is 22.6. The van der Waals surface area contributed by atoms with Gasteiger partial charge >= 0.3 is 0 Å². The van der Waals surface area contributed by atoms with Crippen molar-refractivity contribution >= 4 is 17.4 Å². The van der Waals surface area contributed by atoms with Gasteiger partial charge in [-0.15, -0.1) is 0 Å². The molecule has 0 radical (unpaired) electrons. The van der Waals surface area contributed by atoms with Crippen LogP contribution in [0, 0.1) is 17.0 Å². The number of nitro groups is 1. The maximum absolute atomic E-state index is 12.3. The molecule has 7 nitrogen and oxygen atoms in total. The number of aryl methyl sites for hydroxylation is 1. The fourth-order valence-electron chi connectivity index (χ4n) is 2.13. The van der Waals surface area contributed by atoms with E-state index in [1.165, 1.54) is 18.2 Å². The first kappa shape index (κ1) is 15.7. The number of amides is 1. The largest absolute Gasteiger partial charge is 0.307 e. The molecule has 0 aliphatic carbocycles. The van der Waals surface area contributed by atoms with Gasteiger partial charge in [0.2, 0.25) is 0 Å². The maximum Gasteiger partial charge on any atom is 0.272 e. The quantitative estimate of drug-likeness (QED) is 0.677. The monoisotopic (exact) mass is 302 g/mol. The molecule has 1 aromatic heterocycles. The zero-order valence-electron chi connectivity index (χ0n) is 12.7. The van der Waals surface area contributed by atoms with Crippen LogP contribution >= 0.6 is 0 Å². The molecular formula is C15H18N4O3. The van der Waals surface area contributed by atoms with Crippen molar-refractivity contribution < 1.29 is 9.72 Å². The summed E-state index contributed by atoms with van der Waals surface area (Å²) in [6.45, 7) is 5.66. The van der Waals surface area contributed by atoms with Gasteiger partial charge in [0, 0.05) is 23.3 Å². The summed E-state index contributed by atoms with van der Waals surface area (Å²) < 4.78 is 1.75. The Hall–Kier alpha value is -2.70. The van der Waals surface area contributed by atoms with Crippen molar-refractivity contribution in [2.75, 3.05) is 5.32 Å². The van der Waals surface area contributed by atoms with E-state index in [1.807, 2.05) is 13.8 Å². The van der Waals surface area contributed by atoms with E-state index < -0.39 is 4.92 Å². The number of nitrogens with one attached hydrogen (secondary N) is 1. The van der Waals surface area contributed by atoms with Crippen LogP contribution in [-0.2, 0) is 0 Å². The molecule has 0 aliphatic rings. The number of benzene rings is 1. The lowest BCUT2D eigenvalue weighted by Gasteiger charge is -2.14. The van der Waals surface area contributed by atoms with E-state index in [1.54, 1.807) is 23.9 Å². The number of nitrogens with zero attached hydrogens (tertiary/aromatic N) is 3. The van der Waals surface area contributed by atoms with E-state index in [2.05, 4.69) is 10.4 Å². The Morgan fingerprint density at radius 2 is 2.18 bits per heavy atom. The third-order valence-electron chi connectivity index (χ3n) is 3.58. The summed E-state index contributed by atoms with van der Waals surface area (Å²) in [7, 11) is 0. The molecule has 1 heterocycles. The van der Waals surface area contributed by atoms with Crippen LogP contribution in [0.1, 0.15) is 42.2 Å². The lowest BCUT2D eigenvalue weighted by molar-refractivity contribution is -0.385. The standard InChI is InChI=1S/C15H18N4O3/c1-4-11(3)18-14(7-8-16-18)17-15(20)12-5-6-13(19(21)22)10(2)9-12/h5-9,11H,4H2,1-3H3,(H,17,20). The van der Waals surface area contributed by atoms with Gasteiger partial charge in [-0.3, -0.25) is 14.9 Å². The number of anilines is 1. The predicted octanol–water partition coefficient (Wildman–Crippen LogP) is 3.32. The lowest BCUT2D eigenvalue weighted by atomic mass is 10.1. The lowest BCUT2D eigenvalue weighted by Crippen LogP contribution is -2.17. The van der Waals surface area contributed by atoms with E-state index in [4.69, 9.17) is 0 Å². The molecular weight excluding hydrogens is 284 g/mol. The van der Waals surface area contributed by atoms with E-state index in [-0.39, 0.29) is 17.6 Å². The maximum atomic E-state index is 12.3. The Morgan fingerprint density at radius 3 is 2.77 bits per heavy atom. The van der Waals surface area contributed by atoms with Crippen LogP contribution in [0.3, 0.4) is 0 Å². The van der Waals surface area contributed by atoms with E-state index in [0.717, 1.165) is 6.42 Å². The molecule has 7 heteroatoms. The van der Waals surface area contributed by atoms with Crippen LogP contribution in [-0.4, -0.2) is 20.6 Å². The predicted molar refractivity (Wildman–Crippen MR) is 83.0 cm³/mol. The van der Waals surface area contributed by atoms with Gasteiger partial charge < -0.3 is 5.32 Å². The van der Waals surface area contributed by atoms with E-state index >= 15 is 0 Å². The summed E-state index contributed by atoms with van der Waals surface area (Å²) in [6.07, 6.45) is 2.52. The molecule has 2 aromatic rings. The highest BCUT2D eigenvalue weighted by atomic mass is 16.6. The molecule has 1 amide bonds. The second kappa shape index (κ2) is 6.38. The van der Waals surface area contributed by atoms with Crippen molar-refractivity contribution in [2.24, 2.45) is 0 Å². The highest BCUT2D eigenvalue weighted by Crippen LogP contribution is 2.21. The number of nitro benzene ring substituents is 1. The summed E-state index contributed by atoms with van der Waals surface area (Å²) >= 11 is 0. The SMILES string of the molecule is CCC(C)n1nccc1NC(=O)c1ccc([N+](=O)[O-])c(C)c1. The number of hydrogen-bond acceptors (Lipinski definition) is 4. The van der Waals surface area contributed by atoms with Crippen LogP contribution in [0.5, 0.6) is 0 Å². The summed E-state index contributed by atoms with van der Waals surface area (Å²) in [5.74, 6) is 0.290. The van der Waals surface area contributed by atoms with Crippen molar-refractivity contribution in [3.63, 3.8) is 0 Å². The zero-order valence-corrected chi connectivity index (χ0v) is 12.7. The second-order valence-electron chi connectivity index (χ2n) is 5.13. The number of aromatic nitrogens is 2. The Kier molecular flexibility index (Phi) is 4.55. The van der Waals surface area contributed by atoms with Gasteiger partial charge in [0.25, 0.3) is 11.6 Å². The third-order valence-corrected chi connectivity index (χ3v) is 3.58. The second-order valence-corrected chi connectivity index (χ2v) is 5.13. The first-order valence-electron chi connectivity index (χ1n) is 7.04. The fraction of sp³-hybridized carbons (Fsp3) is 0.333. The van der Waals surface area contributed by atoms with Crippen LogP contribution in [0.25, 0.3) is 0 Å². The number of carbonyl (C=O) groups excluding carboxylic acids is 1. The van der Waals surface area contributed by atoms with Gasteiger partial charge in [-0.05, 0) is 32.4 Å². The van der Waals surface area contributed by atoms with Crippen LogP contribution in [0.4, 0.5) is 11.5 Å². The number of rotatable bonds is 5. The normalized spacial score (nSPS) is 12.0. The third kappa shape index (κ3) is 3.13. The van der Waals surface area contributed by atoms with Gasteiger partial charge in [-0.2, -0.15) is 5.10 Å².